The lowest BCUT2D eigenvalue weighted by Crippen LogP contribution is -2.11. The van der Waals surface area contributed by atoms with E-state index in [0.29, 0.717) is 11.1 Å². The second-order valence-electron chi connectivity index (χ2n) is 7.09. The van der Waals surface area contributed by atoms with Gasteiger partial charge in [-0.25, -0.2) is 0 Å². The molecule has 0 aromatic heterocycles. The summed E-state index contributed by atoms with van der Waals surface area (Å²) in [6, 6.07) is 39.2. The number of ketones is 1. The average molecular weight is 390 g/mol. The topological polar surface area (TPSA) is 37.3 Å². The normalized spacial score (nSPS) is 11.5. The van der Waals surface area contributed by atoms with Crippen LogP contribution in [0.4, 0.5) is 0 Å². The molecule has 0 saturated carbocycles. The number of hydrogen-bond donors (Lipinski definition) is 1. The van der Waals surface area contributed by atoms with Crippen LogP contribution in [0, 0.1) is 0 Å². The van der Waals surface area contributed by atoms with E-state index in [-0.39, 0.29) is 5.78 Å². The Labute approximate surface area is 176 Å². The molecule has 2 nitrogen and oxygen atoms in total. The first-order valence-electron chi connectivity index (χ1n) is 9.92. The molecule has 5 aromatic carbocycles. The minimum absolute atomic E-state index is 0.271. The number of hydrogen-bond acceptors (Lipinski definition) is 2. The van der Waals surface area contributed by atoms with E-state index in [2.05, 4.69) is 60.7 Å². The molecule has 5 aromatic rings. The van der Waals surface area contributed by atoms with Crippen molar-refractivity contribution in [2.75, 3.05) is 0 Å². The van der Waals surface area contributed by atoms with E-state index >= 15 is 0 Å². The third-order valence-electron chi connectivity index (χ3n) is 5.04. The summed E-state index contributed by atoms with van der Waals surface area (Å²) >= 11 is 0. The molecule has 1 unspecified atom stereocenters. The second kappa shape index (κ2) is 9.17. The van der Waals surface area contributed by atoms with Crippen LogP contribution in [-0.2, 0) is 0 Å². The minimum Gasteiger partial charge on any atom is -0.380 e. The van der Waals surface area contributed by atoms with Gasteiger partial charge in [0.2, 0.25) is 0 Å². The van der Waals surface area contributed by atoms with Crippen LogP contribution in [0.1, 0.15) is 22.0 Å². The summed E-state index contributed by atoms with van der Waals surface area (Å²) in [7, 11) is 0. The molecule has 2 heteroatoms. The predicted molar refractivity (Wildman–Crippen MR) is 124 cm³/mol. The Bertz CT molecular complexity index is 1160. The van der Waals surface area contributed by atoms with Gasteiger partial charge in [-0.3, -0.25) is 4.79 Å². The average Bonchev–Trinajstić information content (AvgIpc) is 2.83. The lowest BCUT2D eigenvalue weighted by molar-refractivity contribution is 0.0747. The highest BCUT2D eigenvalue weighted by Gasteiger charge is 2.18. The number of carbonyl (C=O) groups excluding carboxylic acids is 1. The number of benzene rings is 5. The smallest absolute Gasteiger partial charge is 0.195 e. The van der Waals surface area contributed by atoms with Crippen LogP contribution in [0.3, 0.4) is 0 Å². The molecular formula is C28H22O2. The summed E-state index contributed by atoms with van der Waals surface area (Å²) in [6.45, 7) is 0. The Hall–Kier alpha value is -3.75. The van der Waals surface area contributed by atoms with Crippen molar-refractivity contribution in [1.82, 2.24) is 0 Å². The summed E-state index contributed by atoms with van der Waals surface area (Å²) in [4.78, 5) is 11.9. The monoisotopic (exact) mass is 390 g/mol. The van der Waals surface area contributed by atoms with Gasteiger partial charge in [0.15, 0.2) is 5.78 Å². The van der Waals surface area contributed by atoms with Crippen molar-refractivity contribution in [3.63, 3.8) is 0 Å². The van der Waals surface area contributed by atoms with Crippen molar-refractivity contribution in [3.05, 3.63) is 132 Å². The zero-order chi connectivity index (χ0) is 20.8. The van der Waals surface area contributed by atoms with Gasteiger partial charge >= 0.3 is 0 Å². The fourth-order valence-corrected chi connectivity index (χ4v) is 3.43. The molecule has 0 bridgehead atoms. The van der Waals surface area contributed by atoms with Crippen molar-refractivity contribution >= 4 is 27.3 Å². The number of rotatable bonds is 3. The van der Waals surface area contributed by atoms with Crippen molar-refractivity contribution in [2.24, 2.45) is 0 Å². The fourth-order valence-electron chi connectivity index (χ4n) is 3.43. The van der Waals surface area contributed by atoms with Crippen LogP contribution in [0.25, 0.3) is 21.5 Å². The van der Waals surface area contributed by atoms with Gasteiger partial charge in [-0.15, -0.1) is 0 Å². The number of aliphatic hydroxyl groups excluding tert-OH is 1. The maximum Gasteiger partial charge on any atom is 0.195 e. The summed E-state index contributed by atoms with van der Waals surface area (Å²) in [6.07, 6.45) is -1.08. The molecule has 1 N–H and O–H groups in total. The zero-order valence-corrected chi connectivity index (χ0v) is 16.5. The maximum atomic E-state index is 11.9. The Morgan fingerprint density at radius 1 is 0.533 bits per heavy atom. The minimum atomic E-state index is -1.08. The molecule has 0 fully saturated rings. The van der Waals surface area contributed by atoms with Crippen LogP contribution in [0.5, 0.6) is 0 Å². The predicted octanol–water partition coefficient (Wildman–Crippen LogP) is 6.60. The summed E-state index contributed by atoms with van der Waals surface area (Å²) in [5.41, 5.74) is 1.15. The van der Waals surface area contributed by atoms with Crippen LogP contribution >= 0.6 is 0 Å². The highest BCUT2D eigenvalue weighted by Crippen LogP contribution is 2.22. The quantitative estimate of drug-likeness (QED) is 0.278. The van der Waals surface area contributed by atoms with Gasteiger partial charge in [0.05, 0.1) is 0 Å². The molecule has 0 aliphatic rings. The Morgan fingerprint density at radius 2 is 0.900 bits per heavy atom. The van der Waals surface area contributed by atoms with Gasteiger partial charge < -0.3 is 5.11 Å². The molecule has 146 valence electrons. The molecule has 5 rings (SSSR count). The molecule has 0 aliphatic carbocycles. The molecule has 1 atom stereocenters. The van der Waals surface area contributed by atoms with E-state index in [0.717, 1.165) is 0 Å². The van der Waals surface area contributed by atoms with Gasteiger partial charge in [-0.05, 0) is 39.2 Å². The summed E-state index contributed by atoms with van der Waals surface area (Å²) < 4.78 is 0. The molecule has 30 heavy (non-hydrogen) atoms. The SMILES string of the molecule is O=C(c1ccccc1)C(O)c1ccccc1.c1ccc2cc3ccccc3cc2c1. The van der Waals surface area contributed by atoms with Crippen LogP contribution in [0.15, 0.2) is 121 Å². The Balaban J connectivity index is 0.000000146. The van der Waals surface area contributed by atoms with E-state index in [1.54, 1.807) is 48.5 Å². The van der Waals surface area contributed by atoms with Crippen molar-refractivity contribution in [2.45, 2.75) is 6.10 Å². The zero-order valence-electron chi connectivity index (χ0n) is 16.5. The van der Waals surface area contributed by atoms with Gasteiger partial charge in [-0.1, -0.05) is 109 Å². The van der Waals surface area contributed by atoms with E-state index in [1.807, 2.05) is 12.1 Å². The number of Topliss-reactive ketones (excluding diaryl/α,β-unsaturated/α-hetero) is 1. The van der Waals surface area contributed by atoms with Crippen LogP contribution in [-0.4, -0.2) is 10.9 Å². The van der Waals surface area contributed by atoms with Gasteiger partial charge in [0.1, 0.15) is 6.10 Å². The van der Waals surface area contributed by atoms with Crippen molar-refractivity contribution < 1.29 is 9.90 Å². The standard InChI is InChI=1S/C14H12O2.C14H10/c15-13(11-7-3-1-4-8-11)14(16)12-9-5-2-6-10-12;1-2-6-12-10-14-8-4-3-7-13(14)9-11(12)5-1/h1-10,13,15H;1-10H. The van der Waals surface area contributed by atoms with Gasteiger partial charge in [-0.2, -0.15) is 0 Å². The van der Waals surface area contributed by atoms with E-state index in [1.165, 1.54) is 21.5 Å². The van der Waals surface area contributed by atoms with Crippen molar-refractivity contribution in [1.29, 1.82) is 0 Å². The highest BCUT2D eigenvalue weighted by molar-refractivity contribution is 6.00. The van der Waals surface area contributed by atoms with Crippen LogP contribution in [0.2, 0.25) is 0 Å². The lowest BCUT2D eigenvalue weighted by atomic mass is 10.0. The van der Waals surface area contributed by atoms with Crippen molar-refractivity contribution in [3.8, 4) is 0 Å². The largest absolute Gasteiger partial charge is 0.380 e. The van der Waals surface area contributed by atoms with E-state index < -0.39 is 6.10 Å². The number of carbonyl (C=O) groups is 1. The molecular weight excluding hydrogens is 368 g/mol. The third kappa shape index (κ3) is 4.45. The fraction of sp³-hybridized carbons (Fsp3) is 0.0357. The molecule has 0 amide bonds. The van der Waals surface area contributed by atoms with Gasteiger partial charge in [0.25, 0.3) is 0 Å². The van der Waals surface area contributed by atoms with E-state index in [4.69, 9.17) is 0 Å². The Kier molecular flexibility index (Phi) is 5.98. The number of aliphatic hydroxyl groups is 1. The van der Waals surface area contributed by atoms with Crippen LogP contribution < -0.4 is 0 Å². The molecule has 0 radical (unpaired) electrons. The summed E-state index contributed by atoms with van der Waals surface area (Å²) in [5, 5.41) is 15.1. The summed E-state index contributed by atoms with van der Waals surface area (Å²) in [5.74, 6) is -0.271. The first-order chi connectivity index (χ1) is 14.7. The van der Waals surface area contributed by atoms with E-state index in [9.17, 15) is 9.90 Å². The van der Waals surface area contributed by atoms with Gasteiger partial charge in [0, 0.05) is 5.56 Å². The first kappa shape index (κ1) is 19.6. The first-order valence-corrected chi connectivity index (χ1v) is 9.92. The highest BCUT2D eigenvalue weighted by atomic mass is 16.3. The molecule has 0 saturated heterocycles. The third-order valence-corrected chi connectivity index (χ3v) is 5.04. The molecule has 0 aliphatic heterocycles. The number of fused-ring (bicyclic) bond motifs is 2. The lowest BCUT2D eigenvalue weighted by Gasteiger charge is -2.09. The molecule has 0 spiro atoms. The second-order valence-corrected chi connectivity index (χ2v) is 7.09. The Morgan fingerprint density at radius 3 is 1.33 bits per heavy atom. The molecule has 0 heterocycles. The maximum absolute atomic E-state index is 11.9.